The zero-order valence-corrected chi connectivity index (χ0v) is 12.2. The van der Waals surface area contributed by atoms with Gasteiger partial charge in [-0.3, -0.25) is 0 Å². The number of phenolic OH excluding ortho intramolecular Hbond substituents is 1. The van der Waals surface area contributed by atoms with Crippen molar-refractivity contribution in [3.05, 3.63) is 26.3 Å². The predicted octanol–water partition coefficient (Wildman–Crippen LogP) is 4.66. The molecule has 1 aromatic rings. The first-order valence-electron chi connectivity index (χ1n) is 6.10. The minimum absolute atomic E-state index is 0.471. The summed E-state index contributed by atoms with van der Waals surface area (Å²) in [7, 11) is 0. The summed E-state index contributed by atoms with van der Waals surface area (Å²) in [5.41, 5.74) is 3.66. The Morgan fingerprint density at radius 3 is 2.38 bits per heavy atom. The molecule has 0 aromatic heterocycles. The van der Waals surface area contributed by atoms with Crippen molar-refractivity contribution in [2.24, 2.45) is 0 Å². The number of aromatic hydroxyl groups is 1. The highest BCUT2D eigenvalue weighted by Gasteiger charge is 2.20. The Morgan fingerprint density at radius 2 is 1.75 bits per heavy atom. The molecule has 1 fully saturated rings. The molecule has 0 spiro atoms. The van der Waals surface area contributed by atoms with Crippen LogP contribution in [0.4, 0.5) is 0 Å². The quantitative estimate of drug-likeness (QED) is 0.743. The van der Waals surface area contributed by atoms with Crippen LogP contribution in [0, 0.1) is 17.4 Å². The highest BCUT2D eigenvalue weighted by atomic mass is 127. The average Bonchev–Trinajstić information content (AvgIpc) is 2.32. The number of phenols is 1. The van der Waals surface area contributed by atoms with Crippen LogP contribution in [-0.4, -0.2) is 5.11 Å². The van der Waals surface area contributed by atoms with Crippen LogP contribution in [0.3, 0.4) is 0 Å². The third-order valence-corrected chi connectivity index (χ3v) is 5.30. The zero-order valence-electron chi connectivity index (χ0n) is 10.0. The van der Waals surface area contributed by atoms with Gasteiger partial charge in [-0.05, 0) is 78.0 Å². The van der Waals surface area contributed by atoms with Crippen molar-refractivity contribution >= 4 is 22.6 Å². The third kappa shape index (κ3) is 2.22. The van der Waals surface area contributed by atoms with E-state index < -0.39 is 0 Å². The first-order chi connectivity index (χ1) is 7.61. The lowest BCUT2D eigenvalue weighted by Gasteiger charge is -2.24. The molecule has 0 aliphatic heterocycles. The Balaban J connectivity index is 2.40. The molecule has 88 valence electrons. The molecule has 0 bridgehead atoms. The molecule has 1 aliphatic rings. The van der Waals surface area contributed by atoms with Crippen LogP contribution in [0.5, 0.6) is 5.75 Å². The van der Waals surface area contributed by atoms with E-state index in [4.69, 9.17) is 0 Å². The lowest BCUT2D eigenvalue weighted by molar-refractivity contribution is 0.435. The van der Waals surface area contributed by atoms with Crippen LogP contribution in [0.15, 0.2) is 6.07 Å². The van der Waals surface area contributed by atoms with Gasteiger partial charge in [-0.25, -0.2) is 0 Å². The molecule has 1 N–H and O–H groups in total. The van der Waals surface area contributed by atoms with Crippen LogP contribution in [-0.2, 0) is 0 Å². The predicted molar refractivity (Wildman–Crippen MR) is 76.1 cm³/mol. The first-order valence-corrected chi connectivity index (χ1v) is 7.17. The Morgan fingerprint density at radius 1 is 1.12 bits per heavy atom. The molecule has 16 heavy (non-hydrogen) atoms. The summed E-state index contributed by atoms with van der Waals surface area (Å²) in [5.74, 6) is 1.14. The largest absolute Gasteiger partial charge is 0.508 e. The monoisotopic (exact) mass is 330 g/mol. The number of rotatable bonds is 1. The van der Waals surface area contributed by atoms with E-state index in [1.165, 1.54) is 46.8 Å². The molecule has 0 atom stereocenters. The first kappa shape index (κ1) is 12.2. The summed E-state index contributed by atoms with van der Waals surface area (Å²) in [6.45, 7) is 4.11. The van der Waals surface area contributed by atoms with Gasteiger partial charge in [0.25, 0.3) is 0 Å². The van der Waals surface area contributed by atoms with Gasteiger partial charge in [0.15, 0.2) is 0 Å². The van der Waals surface area contributed by atoms with Crippen molar-refractivity contribution < 1.29 is 5.11 Å². The summed E-state index contributed by atoms with van der Waals surface area (Å²) < 4.78 is 1.36. The Labute approximate surface area is 111 Å². The molecule has 1 saturated carbocycles. The fourth-order valence-corrected chi connectivity index (χ4v) is 3.60. The molecule has 0 amide bonds. The molecule has 0 heterocycles. The smallest absolute Gasteiger partial charge is 0.119 e. The van der Waals surface area contributed by atoms with E-state index in [1.807, 2.05) is 13.0 Å². The second kappa shape index (κ2) is 4.94. The minimum atomic E-state index is 0.471. The topological polar surface area (TPSA) is 20.2 Å². The Kier molecular flexibility index (Phi) is 3.77. The normalized spacial score (nSPS) is 17.7. The SMILES string of the molecule is Cc1c(O)cc(C2CCCCC2)c(I)c1C. The molecule has 2 rings (SSSR count). The molecule has 1 aromatic carbocycles. The van der Waals surface area contributed by atoms with Crippen molar-refractivity contribution in [3.63, 3.8) is 0 Å². The van der Waals surface area contributed by atoms with Gasteiger partial charge in [-0.2, -0.15) is 0 Å². The van der Waals surface area contributed by atoms with Crippen molar-refractivity contribution in [3.8, 4) is 5.75 Å². The van der Waals surface area contributed by atoms with E-state index in [1.54, 1.807) is 0 Å². The second-order valence-corrected chi connectivity index (χ2v) is 5.96. The van der Waals surface area contributed by atoms with Gasteiger partial charge >= 0.3 is 0 Å². The van der Waals surface area contributed by atoms with Gasteiger partial charge in [-0.15, -0.1) is 0 Å². The van der Waals surface area contributed by atoms with Gasteiger partial charge in [0.1, 0.15) is 5.75 Å². The van der Waals surface area contributed by atoms with Gasteiger partial charge in [0.05, 0.1) is 0 Å². The van der Waals surface area contributed by atoms with Crippen molar-refractivity contribution in [1.29, 1.82) is 0 Å². The standard InChI is InChI=1S/C14H19IO/c1-9-10(2)14(15)12(8-13(9)16)11-6-4-3-5-7-11/h8,11,16H,3-7H2,1-2H3. The third-order valence-electron chi connectivity index (χ3n) is 3.87. The van der Waals surface area contributed by atoms with Crippen molar-refractivity contribution in [1.82, 2.24) is 0 Å². The zero-order chi connectivity index (χ0) is 11.7. The number of hydrogen-bond acceptors (Lipinski definition) is 1. The lowest BCUT2D eigenvalue weighted by atomic mass is 9.83. The summed E-state index contributed by atoms with van der Waals surface area (Å²) >= 11 is 2.44. The summed E-state index contributed by atoms with van der Waals surface area (Å²) in [6, 6.07) is 2.00. The highest BCUT2D eigenvalue weighted by Crippen LogP contribution is 2.39. The fourth-order valence-electron chi connectivity index (χ4n) is 2.60. The van der Waals surface area contributed by atoms with Crippen LogP contribution in [0.25, 0.3) is 0 Å². The van der Waals surface area contributed by atoms with E-state index >= 15 is 0 Å². The van der Waals surface area contributed by atoms with Gasteiger partial charge < -0.3 is 5.11 Å². The summed E-state index contributed by atoms with van der Waals surface area (Å²) in [6.07, 6.45) is 6.64. The van der Waals surface area contributed by atoms with Crippen LogP contribution in [0.1, 0.15) is 54.7 Å². The van der Waals surface area contributed by atoms with E-state index in [2.05, 4.69) is 29.5 Å². The minimum Gasteiger partial charge on any atom is -0.508 e. The van der Waals surface area contributed by atoms with Gasteiger partial charge in [-0.1, -0.05) is 19.3 Å². The van der Waals surface area contributed by atoms with Gasteiger partial charge in [0.2, 0.25) is 0 Å². The van der Waals surface area contributed by atoms with E-state index in [0.717, 1.165) is 5.56 Å². The average molecular weight is 330 g/mol. The summed E-state index contributed by atoms with van der Waals surface area (Å²) in [4.78, 5) is 0. The summed E-state index contributed by atoms with van der Waals surface area (Å²) in [5, 5.41) is 9.93. The highest BCUT2D eigenvalue weighted by molar-refractivity contribution is 14.1. The number of hydrogen-bond donors (Lipinski definition) is 1. The maximum atomic E-state index is 9.93. The van der Waals surface area contributed by atoms with Crippen molar-refractivity contribution in [2.45, 2.75) is 51.9 Å². The lowest BCUT2D eigenvalue weighted by Crippen LogP contribution is -2.07. The second-order valence-electron chi connectivity index (χ2n) is 4.88. The molecule has 0 radical (unpaired) electrons. The number of benzene rings is 1. The molecule has 2 heteroatoms. The molecule has 1 nitrogen and oxygen atoms in total. The fraction of sp³-hybridized carbons (Fsp3) is 0.571. The van der Waals surface area contributed by atoms with E-state index in [0.29, 0.717) is 11.7 Å². The van der Waals surface area contributed by atoms with E-state index in [-0.39, 0.29) is 0 Å². The molecular weight excluding hydrogens is 311 g/mol. The van der Waals surface area contributed by atoms with Crippen molar-refractivity contribution in [2.75, 3.05) is 0 Å². The van der Waals surface area contributed by atoms with E-state index in [9.17, 15) is 5.11 Å². The molecule has 1 aliphatic carbocycles. The molecular formula is C14H19IO. The Hall–Kier alpha value is -0.250. The number of halogens is 1. The molecule has 0 unspecified atom stereocenters. The van der Waals surface area contributed by atoms with Gasteiger partial charge in [0, 0.05) is 3.57 Å². The Bertz CT molecular complexity index is 392. The maximum Gasteiger partial charge on any atom is 0.119 e. The maximum absolute atomic E-state index is 9.93. The molecule has 0 saturated heterocycles. The van der Waals surface area contributed by atoms with Crippen LogP contribution < -0.4 is 0 Å². The van der Waals surface area contributed by atoms with Crippen LogP contribution in [0.2, 0.25) is 0 Å². The van der Waals surface area contributed by atoms with Crippen LogP contribution >= 0.6 is 22.6 Å².